The lowest BCUT2D eigenvalue weighted by molar-refractivity contribution is -0.142. The summed E-state index contributed by atoms with van der Waals surface area (Å²) >= 11 is 0. The van der Waals surface area contributed by atoms with Crippen molar-refractivity contribution in [2.24, 2.45) is 0 Å². The number of fused-ring (bicyclic) bond motifs is 1. The monoisotopic (exact) mass is 279 g/mol. The van der Waals surface area contributed by atoms with E-state index in [4.69, 9.17) is 9.47 Å². The predicted octanol–water partition coefficient (Wildman–Crippen LogP) is 1.19. The lowest BCUT2D eigenvalue weighted by Crippen LogP contribution is -2.34. The zero-order valence-electron chi connectivity index (χ0n) is 11.7. The molecule has 108 valence electrons. The first-order valence-corrected chi connectivity index (χ1v) is 6.21. The van der Waals surface area contributed by atoms with Crippen LogP contribution in [0.4, 0.5) is 0 Å². The highest BCUT2D eigenvalue weighted by atomic mass is 16.6. The van der Waals surface area contributed by atoms with Crippen molar-refractivity contribution in [1.29, 1.82) is 0 Å². The Morgan fingerprint density at radius 1 is 1.45 bits per heavy atom. The first-order chi connectivity index (χ1) is 9.48. The Hall–Kier alpha value is -2.08. The summed E-state index contributed by atoms with van der Waals surface area (Å²) in [6.45, 7) is 3.76. The quantitative estimate of drug-likeness (QED) is 0.662. The number of esters is 1. The van der Waals surface area contributed by atoms with Gasteiger partial charge in [-0.05, 0) is 19.1 Å². The minimum atomic E-state index is -0.553. The molecule has 0 fully saturated rings. The van der Waals surface area contributed by atoms with Crippen LogP contribution >= 0.6 is 0 Å². The number of hydroxylamine groups is 1. The van der Waals surface area contributed by atoms with E-state index < -0.39 is 5.41 Å². The molecule has 0 bridgehead atoms. The maximum Gasteiger partial charge on any atom is 0.302 e. The van der Waals surface area contributed by atoms with Crippen molar-refractivity contribution in [3.63, 3.8) is 0 Å². The molecule has 1 aromatic rings. The van der Waals surface area contributed by atoms with Gasteiger partial charge >= 0.3 is 5.97 Å². The lowest BCUT2D eigenvalue weighted by atomic mass is 9.82. The maximum atomic E-state index is 12.0. The average Bonchev–Trinajstić information content (AvgIpc) is 2.75. The first kappa shape index (κ1) is 14.3. The Kier molecular flexibility index (Phi) is 3.94. The molecule has 2 rings (SSSR count). The number of nitrogens with one attached hydrogen (secondary N) is 1. The van der Waals surface area contributed by atoms with Crippen LogP contribution in [0, 0.1) is 0 Å². The fraction of sp³-hybridized carbons (Fsp3) is 0.429. The van der Waals surface area contributed by atoms with Crippen molar-refractivity contribution >= 4 is 11.9 Å². The van der Waals surface area contributed by atoms with Gasteiger partial charge in [0.1, 0.15) is 19.0 Å². The SMILES string of the molecule is CONC(=O)c1cccc2c1[C@](C)(COC(C)=O)CO2. The van der Waals surface area contributed by atoms with Crippen LogP contribution in [0.25, 0.3) is 0 Å². The number of ether oxygens (including phenoxy) is 2. The van der Waals surface area contributed by atoms with Crippen LogP contribution in [0.3, 0.4) is 0 Å². The smallest absolute Gasteiger partial charge is 0.302 e. The molecule has 1 atom stereocenters. The molecule has 1 aromatic carbocycles. The van der Waals surface area contributed by atoms with Crippen LogP contribution in [0.15, 0.2) is 18.2 Å². The van der Waals surface area contributed by atoms with Gasteiger partial charge in [-0.2, -0.15) is 0 Å². The van der Waals surface area contributed by atoms with E-state index in [0.717, 1.165) is 5.56 Å². The van der Waals surface area contributed by atoms with E-state index in [1.54, 1.807) is 18.2 Å². The molecule has 6 nitrogen and oxygen atoms in total. The van der Waals surface area contributed by atoms with Crippen molar-refractivity contribution in [3.05, 3.63) is 29.3 Å². The van der Waals surface area contributed by atoms with Crippen molar-refractivity contribution in [3.8, 4) is 5.75 Å². The van der Waals surface area contributed by atoms with Gasteiger partial charge in [0.25, 0.3) is 5.91 Å². The lowest BCUT2D eigenvalue weighted by Gasteiger charge is -2.23. The molecular formula is C14H17NO5. The summed E-state index contributed by atoms with van der Waals surface area (Å²) in [5, 5.41) is 0. The predicted molar refractivity (Wildman–Crippen MR) is 70.4 cm³/mol. The van der Waals surface area contributed by atoms with E-state index in [1.807, 2.05) is 6.92 Å². The van der Waals surface area contributed by atoms with Crippen LogP contribution in [-0.4, -0.2) is 32.2 Å². The Balaban J connectivity index is 2.38. The summed E-state index contributed by atoms with van der Waals surface area (Å²) in [5.41, 5.74) is 2.93. The number of amides is 1. The minimum absolute atomic E-state index is 0.159. The van der Waals surface area contributed by atoms with Gasteiger partial charge in [-0.25, -0.2) is 5.48 Å². The Morgan fingerprint density at radius 3 is 2.85 bits per heavy atom. The minimum Gasteiger partial charge on any atom is -0.492 e. The molecule has 0 radical (unpaired) electrons. The van der Waals surface area contributed by atoms with E-state index in [0.29, 0.717) is 17.9 Å². The molecule has 6 heteroatoms. The van der Waals surface area contributed by atoms with E-state index in [1.165, 1.54) is 14.0 Å². The summed E-state index contributed by atoms with van der Waals surface area (Å²) in [4.78, 5) is 27.7. The first-order valence-electron chi connectivity index (χ1n) is 6.21. The van der Waals surface area contributed by atoms with Crippen LogP contribution in [0.2, 0.25) is 0 Å². The number of hydrogen-bond acceptors (Lipinski definition) is 5. The van der Waals surface area contributed by atoms with Gasteiger partial charge in [0, 0.05) is 18.1 Å². The molecule has 1 aliphatic rings. The van der Waals surface area contributed by atoms with Crippen molar-refractivity contribution in [1.82, 2.24) is 5.48 Å². The summed E-state index contributed by atoms with van der Waals surface area (Å²) in [5.74, 6) is -0.0918. The third-order valence-electron chi connectivity index (χ3n) is 3.21. The number of benzene rings is 1. The fourth-order valence-electron chi connectivity index (χ4n) is 2.29. The second-order valence-electron chi connectivity index (χ2n) is 4.94. The van der Waals surface area contributed by atoms with Crippen molar-refractivity contribution < 1.29 is 23.9 Å². The van der Waals surface area contributed by atoms with Gasteiger partial charge in [0.05, 0.1) is 12.5 Å². The fourth-order valence-corrected chi connectivity index (χ4v) is 2.29. The van der Waals surface area contributed by atoms with E-state index >= 15 is 0 Å². The van der Waals surface area contributed by atoms with Crippen LogP contribution < -0.4 is 10.2 Å². The maximum absolute atomic E-state index is 12.0. The largest absolute Gasteiger partial charge is 0.492 e. The standard InChI is InChI=1S/C14H17NO5/c1-9(16)19-7-14(2)8-20-11-6-4-5-10(12(11)14)13(17)15-18-3/h4-6H,7-8H2,1-3H3,(H,15,17)/t14-/m1/s1. The molecule has 0 aliphatic carbocycles. The normalized spacial score (nSPS) is 19.9. The molecule has 0 saturated heterocycles. The average molecular weight is 279 g/mol. The zero-order valence-corrected chi connectivity index (χ0v) is 11.7. The van der Waals surface area contributed by atoms with Crippen molar-refractivity contribution in [2.45, 2.75) is 19.3 Å². The molecule has 20 heavy (non-hydrogen) atoms. The topological polar surface area (TPSA) is 73.9 Å². The van der Waals surface area contributed by atoms with Gasteiger partial charge in [0.15, 0.2) is 0 Å². The number of carbonyl (C=O) groups is 2. The van der Waals surface area contributed by atoms with E-state index in [9.17, 15) is 9.59 Å². The third kappa shape index (κ3) is 2.60. The molecule has 1 amide bonds. The molecule has 1 aliphatic heterocycles. The van der Waals surface area contributed by atoms with Gasteiger partial charge in [-0.3, -0.25) is 14.4 Å². The molecule has 0 saturated carbocycles. The van der Waals surface area contributed by atoms with Crippen LogP contribution in [0.5, 0.6) is 5.75 Å². The molecule has 1 N–H and O–H groups in total. The van der Waals surface area contributed by atoms with Gasteiger partial charge in [-0.1, -0.05) is 6.07 Å². The second-order valence-corrected chi connectivity index (χ2v) is 4.94. The van der Waals surface area contributed by atoms with Crippen LogP contribution in [-0.2, 0) is 19.8 Å². The molecule has 1 heterocycles. The molecule has 0 spiro atoms. The van der Waals surface area contributed by atoms with Crippen LogP contribution in [0.1, 0.15) is 29.8 Å². The van der Waals surface area contributed by atoms with Crippen molar-refractivity contribution in [2.75, 3.05) is 20.3 Å². The summed E-state index contributed by atoms with van der Waals surface area (Å²) in [7, 11) is 1.37. The van der Waals surface area contributed by atoms with Gasteiger partial charge in [-0.15, -0.1) is 0 Å². The number of rotatable bonds is 4. The summed E-state index contributed by atoms with van der Waals surface area (Å²) < 4.78 is 10.7. The second kappa shape index (κ2) is 5.50. The summed E-state index contributed by atoms with van der Waals surface area (Å²) in [6, 6.07) is 5.22. The Labute approximate surface area is 117 Å². The van der Waals surface area contributed by atoms with Gasteiger partial charge in [0.2, 0.25) is 0 Å². The molecule has 0 unspecified atom stereocenters. The summed E-state index contributed by atoms with van der Waals surface area (Å²) in [6.07, 6.45) is 0. The Bertz CT molecular complexity index is 542. The van der Waals surface area contributed by atoms with Gasteiger partial charge < -0.3 is 9.47 Å². The van der Waals surface area contributed by atoms with E-state index in [2.05, 4.69) is 10.3 Å². The third-order valence-corrected chi connectivity index (χ3v) is 3.21. The highest BCUT2D eigenvalue weighted by molar-refractivity contribution is 5.96. The highest BCUT2D eigenvalue weighted by Gasteiger charge is 2.40. The Morgan fingerprint density at radius 2 is 2.20 bits per heavy atom. The number of hydrogen-bond donors (Lipinski definition) is 1. The highest BCUT2D eigenvalue weighted by Crippen LogP contribution is 2.41. The molecule has 0 aromatic heterocycles. The molecular weight excluding hydrogens is 262 g/mol. The number of carbonyl (C=O) groups excluding carboxylic acids is 2. The zero-order chi connectivity index (χ0) is 14.8. The van der Waals surface area contributed by atoms with E-state index in [-0.39, 0.29) is 18.5 Å².